The van der Waals surface area contributed by atoms with E-state index in [1.165, 1.54) is 0 Å². The second-order valence-corrected chi connectivity index (χ2v) is 8.79. The summed E-state index contributed by atoms with van der Waals surface area (Å²) in [5.41, 5.74) is 10.8. The lowest BCUT2D eigenvalue weighted by molar-refractivity contribution is -0.117. The average Bonchev–Trinajstić information content (AvgIpc) is 3.26. The zero-order chi connectivity index (χ0) is 25.8. The summed E-state index contributed by atoms with van der Waals surface area (Å²) in [4.78, 5) is 33.4. The quantitative estimate of drug-likeness (QED) is 0.186. The number of primary amides is 1. The summed E-state index contributed by atoms with van der Waals surface area (Å²) in [5, 5.41) is 12.3. The van der Waals surface area contributed by atoms with Crippen LogP contribution in [0.25, 0.3) is 21.8 Å². The molecule has 0 aliphatic carbocycles. The number of hydrogen-bond acceptors (Lipinski definition) is 5. The second kappa shape index (κ2) is 10.5. The smallest absolute Gasteiger partial charge is 0.251 e. The van der Waals surface area contributed by atoms with E-state index in [1.54, 1.807) is 43.5 Å². The van der Waals surface area contributed by atoms with E-state index in [4.69, 9.17) is 17.3 Å². The first kappa shape index (κ1) is 24.8. The van der Waals surface area contributed by atoms with Crippen LogP contribution >= 0.6 is 11.6 Å². The molecule has 0 aliphatic rings. The molecule has 36 heavy (non-hydrogen) atoms. The Bertz CT molecular complexity index is 1570. The minimum absolute atomic E-state index is 0.222. The van der Waals surface area contributed by atoms with Crippen LogP contribution < -0.4 is 11.1 Å². The monoisotopic (exact) mass is 500 g/mol. The lowest BCUT2D eigenvalue weighted by Gasteiger charge is -2.10. The van der Waals surface area contributed by atoms with Gasteiger partial charge in [0.05, 0.1) is 28.8 Å². The molecule has 9 heteroatoms. The molecule has 0 fully saturated rings. The number of nitrogens with two attached hydrogens (primary N) is 1. The zero-order valence-electron chi connectivity index (χ0n) is 19.9. The molecule has 4 aromatic rings. The number of nitrogens with one attached hydrogen (secondary N) is 2. The van der Waals surface area contributed by atoms with Gasteiger partial charge in [-0.1, -0.05) is 17.7 Å². The highest BCUT2D eigenvalue weighted by Crippen LogP contribution is 2.23. The van der Waals surface area contributed by atoms with Crippen molar-refractivity contribution in [1.82, 2.24) is 20.5 Å². The number of carbonyl (C=O) groups is 2. The van der Waals surface area contributed by atoms with Crippen molar-refractivity contribution in [3.8, 4) is 0 Å². The number of carbonyl (C=O) groups excluding carboxylic acids is 2. The van der Waals surface area contributed by atoms with Gasteiger partial charge in [0.15, 0.2) is 0 Å². The molecule has 2 heterocycles. The molecule has 0 unspecified atom stereocenters. The van der Waals surface area contributed by atoms with Gasteiger partial charge >= 0.3 is 0 Å². The van der Waals surface area contributed by atoms with Crippen molar-refractivity contribution in [2.75, 3.05) is 0 Å². The van der Waals surface area contributed by atoms with Crippen LogP contribution in [0.3, 0.4) is 0 Å². The number of allylic oxidation sites excluding steroid dienone is 2. The Morgan fingerprint density at radius 2 is 2.06 bits per heavy atom. The predicted octanol–water partition coefficient (Wildman–Crippen LogP) is 4.56. The Morgan fingerprint density at radius 3 is 2.78 bits per heavy atom. The first-order valence-corrected chi connectivity index (χ1v) is 11.6. The second-order valence-electron chi connectivity index (χ2n) is 8.35. The first-order chi connectivity index (χ1) is 17.3. The van der Waals surface area contributed by atoms with Gasteiger partial charge in [0.25, 0.3) is 11.8 Å². The van der Waals surface area contributed by atoms with Gasteiger partial charge in [0.2, 0.25) is 0 Å². The van der Waals surface area contributed by atoms with Gasteiger partial charge in [-0.25, -0.2) is 0 Å². The van der Waals surface area contributed by atoms with E-state index in [-0.39, 0.29) is 12.5 Å². The lowest BCUT2D eigenvalue weighted by atomic mass is 10.00. The molecule has 182 valence electrons. The van der Waals surface area contributed by atoms with Gasteiger partial charge in [-0.3, -0.25) is 24.7 Å². The summed E-state index contributed by atoms with van der Waals surface area (Å²) in [6.07, 6.45) is 5.41. The number of aromatic nitrogens is 3. The molecule has 2 aromatic heterocycles. The van der Waals surface area contributed by atoms with Crippen LogP contribution in [0.2, 0.25) is 5.02 Å². The topological polar surface area (TPSA) is 126 Å². The zero-order valence-corrected chi connectivity index (χ0v) is 20.7. The molecule has 0 radical (unpaired) electrons. The molecular weight excluding hydrogens is 476 g/mol. The van der Waals surface area contributed by atoms with Crippen LogP contribution in [0.5, 0.6) is 0 Å². The summed E-state index contributed by atoms with van der Waals surface area (Å²) < 4.78 is 0. The van der Waals surface area contributed by atoms with Crippen molar-refractivity contribution in [2.45, 2.75) is 26.8 Å². The molecule has 2 aromatic carbocycles. The highest BCUT2D eigenvalue weighted by Gasteiger charge is 2.14. The van der Waals surface area contributed by atoms with Crippen molar-refractivity contribution in [2.24, 2.45) is 10.7 Å². The molecule has 2 amide bonds. The van der Waals surface area contributed by atoms with Crippen LogP contribution in [0.1, 0.15) is 34.1 Å². The average molecular weight is 501 g/mol. The Morgan fingerprint density at radius 1 is 1.25 bits per heavy atom. The number of amides is 2. The standard InChI is InChI=1S/C27H25ClN6O2/c1-4-17(27(36)32-14-24-21-12-19(28)5-6-23(21)33-34-24)11-20(30-3)9-16-8-18-7-15(2)13-31-25(18)22(10-16)26(29)35/h4-8,10-13H,3,9,14H2,1-2H3,(H2,29,35)(H,32,36)(H,33,34)/b17-4+,20-11-. The van der Waals surface area contributed by atoms with Crippen LogP contribution in [-0.2, 0) is 17.8 Å². The normalized spacial score (nSPS) is 12.2. The summed E-state index contributed by atoms with van der Waals surface area (Å²) in [7, 11) is 0. The SMILES string of the molecule is C=N/C(=C\C(=C/C)C(=O)NCc1n[nH]c2ccc(Cl)cc12)Cc1cc(C(N)=O)c2ncc(C)cc2c1. The number of H-pyrrole nitrogens is 1. The van der Waals surface area contributed by atoms with Gasteiger partial charge in [-0.15, -0.1) is 0 Å². The minimum atomic E-state index is -0.559. The third kappa shape index (κ3) is 5.34. The van der Waals surface area contributed by atoms with Crippen molar-refractivity contribution in [1.29, 1.82) is 0 Å². The molecule has 4 rings (SSSR count). The van der Waals surface area contributed by atoms with E-state index in [0.29, 0.717) is 39.5 Å². The number of rotatable bonds is 8. The Balaban J connectivity index is 1.55. The van der Waals surface area contributed by atoms with Gasteiger partial charge in [-0.2, -0.15) is 5.10 Å². The predicted molar refractivity (Wildman–Crippen MR) is 143 cm³/mol. The molecule has 0 saturated carbocycles. The number of aliphatic imine (C=N–C) groups is 1. The van der Waals surface area contributed by atoms with Gasteiger partial charge in [0, 0.05) is 39.7 Å². The highest BCUT2D eigenvalue weighted by molar-refractivity contribution is 6.31. The fourth-order valence-electron chi connectivity index (χ4n) is 3.97. The van der Waals surface area contributed by atoms with Crippen molar-refractivity contribution in [3.05, 3.63) is 93.4 Å². The summed E-state index contributed by atoms with van der Waals surface area (Å²) in [6, 6.07) is 11.0. The first-order valence-electron chi connectivity index (χ1n) is 11.2. The van der Waals surface area contributed by atoms with E-state index < -0.39 is 5.91 Å². The van der Waals surface area contributed by atoms with Crippen LogP contribution in [0.15, 0.2) is 71.0 Å². The maximum absolute atomic E-state index is 12.9. The van der Waals surface area contributed by atoms with Crippen LogP contribution in [0.4, 0.5) is 0 Å². The Labute approximate surface area is 213 Å². The number of hydrogen-bond donors (Lipinski definition) is 3. The molecular formula is C27H25ClN6O2. The van der Waals surface area contributed by atoms with Gasteiger partial charge in [-0.05, 0) is 74.2 Å². The van der Waals surface area contributed by atoms with Crippen molar-refractivity contribution >= 4 is 51.9 Å². The highest BCUT2D eigenvalue weighted by atomic mass is 35.5. The number of fused-ring (bicyclic) bond motifs is 2. The Kier molecular flexibility index (Phi) is 7.26. The number of benzene rings is 2. The number of pyridine rings is 1. The molecule has 0 saturated heterocycles. The molecule has 0 bridgehead atoms. The largest absolute Gasteiger partial charge is 0.366 e. The number of aromatic amines is 1. The molecule has 8 nitrogen and oxygen atoms in total. The summed E-state index contributed by atoms with van der Waals surface area (Å²) in [6.45, 7) is 7.58. The van der Waals surface area contributed by atoms with E-state index >= 15 is 0 Å². The third-order valence-corrected chi connectivity index (χ3v) is 5.98. The van der Waals surface area contributed by atoms with Crippen molar-refractivity contribution in [3.63, 3.8) is 0 Å². The maximum atomic E-state index is 12.9. The molecule has 0 aliphatic heterocycles. The maximum Gasteiger partial charge on any atom is 0.251 e. The number of aryl methyl sites for hydroxylation is 1. The van der Waals surface area contributed by atoms with Gasteiger partial charge < -0.3 is 11.1 Å². The summed E-state index contributed by atoms with van der Waals surface area (Å²) >= 11 is 6.10. The fraction of sp³-hybridized carbons (Fsp3) is 0.148. The third-order valence-electron chi connectivity index (χ3n) is 5.75. The number of nitrogens with zero attached hydrogens (tertiary/aromatic N) is 3. The summed E-state index contributed by atoms with van der Waals surface area (Å²) in [5.74, 6) is -0.844. The fourth-order valence-corrected chi connectivity index (χ4v) is 4.15. The van der Waals surface area contributed by atoms with E-state index in [2.05, 4.69) is 32.2 Å². The van der Waals surface area contributed by atoms with Crippen molar-refractivity contribution < 1.29 is 9.59 Å². The van der Waals surface area contributed by atoms with E-state index in [1.807, 2.05) is 25.1 Å². The molecule has 4 N–H and O–H groups in total. The number of halogens is 1. The van der Waals surface area contributed by atoms with E-state index in [9.17, 15) is 9.59 Å². The van der Waals surface area contributed by atoms with E-state index in [0.717, 1.165) is 27.4 Å². The molecule has 0 spiro atoms. The molecule has 0 atom stereocenters. The minimum Gasteiger partial charge on any atom is -0.366 e. The van der Waals surface area contributed by atoms with Crippen LogP contribution in [0, 0.1) is 6.92 Å². The lowest BCUT2D eigenvalue weighted by Crippen LogP contribution is -2.24. The van der Waals surface area contributed by atoms with Crippen LogP contribution in [-0.4, -0.2) is 33.7 Å². The van der Waals surface area contributed by atoms with Gasteiger partial charge in [0.1, 0.15) is 0 Å². The Hall–Kier alpha value is -4.30.